The average Bonchev–Trinajstić information content (AvgIpc) is 2.15. The molecule has 16 heavy (non-hydrogen) atoms. The molecular weight excluding hydrogens is 223 g/mol. The van der Waals surface area contributed by atoms with Crippen LogP contribution in [0.2, 0.25) is 0 Å². The van der Waals surface area contributed by atoms with Crippen molar-refractivity contribution < 1.29 is 23.1 Å². The molecule has 0 aliphatic heterocycles. The maximum absolute atomic E-state index is 12.4. The number of ketones is 1. The summed E-state index contributed by atoms with van der Waals surface area (Å²) in [5, 5.41) is 9.35. The molecule has 0 aromatic heterocycles. The molecule has 3 nitrogen and oxygen atoms in total. The first-order valence-corrected chi connectivity index (χ1v) is 4.44. The van der Waals surface area contributed by atoms with Crippen LogP contribution in [0.4, 0.5) is 13.2 Å². The van der Waals surface area contributed by atoms with E-state index in [9.17, 15) is 23.1 Å². The summed E-state index contributed by atoms with van der Waals surface area (Å²) in [6.07, 6.45) is -4.70. The summed E-state index contributed by atoms with van der Waals surface area (Å²) in [5.41, 5.74) is 3.60. The zero-order valence-electron chi connectivity index (χ0n) is 8.38. The van der Waals surface area contributed by atoms with Gasteiger partial charge in [-0.3, -0.25) is 4.79 Å². The van der Waals surface area contributed by atoms with E-state index in [4.69, 9.17) is 5.73 Å². The lowest BCUT2D eigenvalue weighted by Gasteiger charge is -2.12. The van der Waals surface area contributed by atoms with Crippen LogP contribution in [0.3, 0.4) is 0 Å². The molecule has 1 aromatic rings. The van der Waals surface area contributed by atoms with E-state index in [-0.39, 0.29) is 0 Å². The minimum Gasteiger partial charge on any atom is -0.507 e. The Bertz CT molecular complexity index is 413. The number of phenols is 1. The first kappa shape index (κ1) is 12.5. The number of phenolic OH excluding ortho intramolecular Hbond substituents is 1. The average molecular weight is 233 g/mol. The molecular formula is C10H10F3NO2. The highest BCUT2D eigenvalue weighted by atomic mass is 19.4. The van der Waals surface area contributed by atoms with Crippen LogP contribution in [-0.4, -0.2) is 16.9 Å². The molecule has 0 saturated heterocycles. The summed E-state index contributed by atoms with van der Waals surface area (Å²) in [5.74, 6) is -1.80. The summed E-state index contributed by atoms with van der Waals surface area (Å²) >= 11 is 0. The monoisotopic (exact) mass is 233 g/mol. The van der Waals surface area contributed by atoms with Gasteiger partial charge in [0.25, 0.3) is 0 Å². The Morgan fingerprint density at radius 1 is 1.44 bits per heavy atom. The highest BCUT2D eigenvalue weighted by Gasteiger charge is 2.35. The molecule has 1 rings (SSSR count). The van der Waals surface area contributed by atoms with Crippen molar-refractivity contribution in [3.8, 4) is 5.75 Å². The van der Waals surface area contributed by atoms with Crippen molar-refractivity contribution in [3.63, 3.8) is 0 Å². The predicted octanol–water partition coefficient (Wildman–Crippen LogP) is 1.94. The highest BCUT2D eigenvalue weighted by Crippen LogP contribution is 2.37. The number of Topliss-reactive ketones (excluding diaryl/α,β-unsaturated/α-hetero) is 1. The van der Waals surface area contributed by atoms with Gasteiger partial charge in [-0.25, -0.2) is 0 Å². The molecule has 1 unspecified atom stereocenters. The summed E-state index contributed by atoms with van der Waals surface area (Å²) < 4.78 is 37.2. The van der Waals surface area contributed by atoms with Crippen LogP contribution >= 0.6 is 0 Å². The number of benzene rings is 1. The highest BCUT2D eigenvalue weighted by molar-refractivity contribution is 6.02. The number of para-hydroxylation sites is 1. The van der Waals surface area contributed by atoms with Crippen molar-refractivity contribution in [2.24, 2.45) is 5.73 Å². The molecule has 1 atom stereocenters. The van der Waals surface area contributed by atoms with Gasteiger partial charge < -0.3 is 10.8 Å². The fourth-order valence-corrected chi connectivity index (χ4v) is 1.22. The third kappa shape index (κ3) is 2.33. The number of nitrogens with two attached hydrogens (primary N) is 1. The van der Waals surface area contributed by atoms with Gasteiger partial charge in [0.05, 0.1) is 17.2 Å². The molecule has 0 radical (unpaired) electrons. The maximum Gasteiger partial charge on any atom is 0.419 e. The Balaban J connectivity index is 3.30. The van der Waals surface area contributed by atoms with Gasteiger partial charge in [0, 0.05) is 0 Å². The maximum atomic E-state index is 12.4. The summed E-state index contributed by atoms with van der Waals surface area (Å²) in [4.78, 5) is 11.4. The van der Waals surface area contributed by atoms with Crippen molar-refractivity contribution in [2.45, 2.75) is 19.1 Å². The van der Waals surface area contributed by atoms with Crippen molar-refractivity contribution in [1.29, 1.82) is 0 Å². The number of hydrogen-bond acceptors (Lipinski definition) is 3. The first-order chi connectivity index (χ1) is 7.25. The first-order valence-electron chi connectivity index (χ1n) is 4.44. The molecule has 0 bridgehead atoms. The molecule has 0 aliphatic carbocycles. The fourth-order valence-electron chi connectivity index (χ4n) is 1.22. The van der Waals surface area contributed by atoms with Gasteiger partial charge in [0.2, 0.25) is 0 Å². The molecule has 0 amide bonds. The smallest absolute Gasteiger partial charge is 0.419 e. The Hall–Kier alpha value is -1.56. The van der Waals surface area contributed by atoms with Gasteiger partial charge in [-0.1, -0.05) is 6.07 Å². The van der Waals surface area contributed by atoms with E-state index in [0.717, 1.165) is 12.1 Å². The van der Waals surface area contributed by atoms with E-state index in [2.05, 4.69) is 0 Å². The number of hydrogen-bond donors (Lipinski definition) is 2. The number of aromatic hydroxyl groups is 1. The van der Waals surface area contributed by atoms with Gasteiger partial charge in [0.1, 0.15) is 5.75 Å². The number of rotatable bonds is 2. The van der Waals surface area contributed by atoms with E-state index in [1.165, 1.54) is 6.92 Å². The topological polar surface area (TPSA) is 63.3 Å². The Morgan fingerprint density at radius 3 is 2.44 bits per heavy atom. The Kier molecular flexibility index (Phi) is 3.23. The van der Waals surface area contributed by atoms with Crippen LogP contribution in [0, 0.1) is 0 Å². The summed E-state index contributed by atoms with van der Waals surface area (Å²) in [6.45, 7) is 1.34. The third-order valence-electron chi connectivity index (χ3n) is 2.02. The van der Waals surface area contributed by atoms with Crippen LogP contribution in [0.25, 0.3) is 0 Å². The van der Waals surface area contributed by atoms with Gasteiger partial charge in [-0.05, 0) is 19.1 Å². The molecule has 0 saturated carbocycles. The van der Waals surface area contributed by atoms with Crippen molar-refractivity contribution in [1.82, 2.24) is 0 Å². The zero-order valence-corrected chi connectivity index (χ0v) is 8.38. The molecule has 0 aliphatic rings. The lowest BCUT2D eigenvalue weighted by atomic mass is 10.0. The molecule has 0 spiro atoms. The minimum atomic E-state index is -4.70. The quantitative estimate of drug-likeness (QED) is 0.767. The van der Waals surface area contributed by atoms with Crippen molar-refractivity contribution >= 4 is 5.78 Å². The standard InChI is InChI=1S/C10H10F3NO2/c1-5(14)8(15)6-3-2-4-7(9(6)16)10(11,12)13/h2-5,16H,14H2,1H3. The van der Waals surface area contributed by atoms with Crippen LogP contribution in [0.15, 0.2) is 18.2 Å². The van der Waals surface area contributed by atoms with Gasteiger partial charge >= 0.3 is 6.18 Å². The SMILES string of the molecule is CC(N)C(=O)c1cccc(C(F)(F)F)c1O. The van der Waals surface area contributed by atoms with E-state index in [0.29, 0.717) is 6.07 Å². The predicted molar refractivity (Wildman–Crippen MR) is 51.1 cm³/mol. The fraction of sp³-hybridized carbons (Fsp3) is 0.300. The summed E-state index contributed by atoms with van der Waals surface area (Å²) in [6, 6.07) is 1.90. The molecule has 0 heterocycles. The lowest BCUT2D eigenvalue weighted by Crippen LogP contribution is -2.27. The van der Waals surface area contributed by atoms with Crippen molar-refractivity contribution in [2.75, 3.05) is 0 Å². The zero-order chi connectivity index (χ0) is 12.5. The van der Waals surface area contributed by atoms with Crippen LogP contribution in [-0.2, 0) is 6.18 Å². The lowest BCUT2D eigenvalue weighted by molar-refractivity contribution is -0.138. The summed E-state index contributed by atoms with van der Waals surface area (Å²) in [7, 11) is 0. The Labute approximate surface area is 89.7 Å². The largest absolute Gasteiger partial charge is 0.507 e. The van der Waals surface area contributed by atoms with E-state index < -0.39 is 34.9 Å². The number of carbonyl (C=O) groups is 1. The second-order valence-electron chi connectivity index (χ2n) is 3.35. The Morgan fingerprint density at radius 2 is 2.00 bits per heavy atom. The van der Waals surface area contributed by atoms with Gasteiger partial charge in [-0.15, -0.1) is 0 Å². The molecule has 88 valence electrons. The van der Waals surface area contributed by atoms with E-state index in [1.54, 1.807) is 0 Å². The molecule has 3 N–H and O–H groups in total. The van der Waals surface area contributed by atoms with Gasteiger partial charge in [-0.2, -0.15) is 13.2 Å². The second-order valence-corrected chi connectivity index (χ2v) is 3.35. The molecule has 6 heteroatoms. The van der Waals surface area contributed by atoms with Crippen LogP contribution in [0.1, 0.15) is 22.8 Å². The normalized spacial score (nSPS) is 13.6. The van der Waals surface area contributed by atoms with Crippen molar-refractivity contribution in [3.05, 3.63) is 29.3 Å². The van der Waals surface area contributed by atoms with E-state index in [1.807, 2.05) is 0 Å². The van der Waals surface area contributed by atoms with Gasteiger partial charge in [0.15, 0.2) is 5.78 Å². The van der Waals surface area contributed by atoms with Crippen LogP contribution < -0.4 is 5.73 Å². The third-order valence-corrected chi connectivity index (χ3v) is 2.02. The number of carbonyl (C=O) groups excluding carboxylic acids is 1. The molecule has 0 fully saturated rings. The van der Waals surface area contributed by atoms with E-state index >= 15 is 0 Å². The number of alkyl halides is 3. The second kappa shape index (κ2) is 4.13. The van der Waals surface area contributed by atoms with Crippen LogP contribution in [0.5, 0.6) is 5.75 Å². The molecule has 1 aromatic carbocycles. The number of halogens is 3. The minimum absolute atomic E-state index is 0.412.